The number of rotatable bonds is 5. The summed E-state index contributed by atoms with van der Waals surface area (Å²) in [5, 5.41) is 17.1. The number of nitro groups is 1. The van der Waals surface area contributed by atoms with Crippen molar-refractivity contribution in [3.8, 4) is 0 Å². The highest BCUT2D eigenvalue weighted by Gasteiger charge is 2.34. The minimum atomic E-state index is -4.56. The van der Waals surface area contributed by atoms with E-state index in [4.69, 9.17) is 0 Å². The van der Waals surface area contributed by atoms with Crippen molar-refractivity contribution >= 4 is 28.7 Å². The summed E-state index contributed by atoms with van der Waals surface area (Å²) in [6.45, 7) is 2.54. The molecule has 2 aromatic rings. The number of nitrogens with zero attached hydrogens (tertiary/aromatic N) is 3. The van der Waals surface area contributed by atoms with Gasteiger partial charge in [0.05, 0.1) is 22.7 Å². The largest absolute Gasteiger partial charge is 0.418 e. The lowest BCUT2D eigenvalue weighted by Crippen LogP contribution is -2.49. The molecule has 0 saturated carbocycles. The Hall–Kier alpha value is -3.34. The molecule has 4 rings (SSSR count). The summed E-state index contributed by atoms with van der Waals surface area (Å²) in [4.78, 5) is 27.3. The van der Waals surface area contributed by atoms with Crippen LogP contribution in [0.1, 0.15) is 11.1 Å². The highest BCUT2D eigenvalue weighted by atomic mass is 19.4. The van der Waals surface area contributed by atoms with Crippen LogP contribution in [0.2, 0.25) is 0 Å². The van der Waals surface area contributed by atoms with Crippen molar-refractivity contribution < 1.29 is 22.9 Å². The first kappa shape index (κ1) is 21.9. The molecule has 2 aliphatic heterocycles. The van der Waals surface area contributed by atoms with Crippen molar-refractivity contribution in [1.82, 2.24) is 4.90 Å². The monoisotopic (exact) mass is 449 g/mol. The number of nitrogens with one attached hydrogen (secondary N) is 2. The molecular formula is C21H22F3N5O3. The van der Waals surface area contributed by atoms with Crippen LogP contribution in [0.5, 0.6) is 0 Å². The average Bonchev–Trinajstić information content (AvgIpc) is 3.22. The van der Waals surface area contributed by atoms with Gasteiger partial charge < -0.3 is 15.5 Å². The number of hydrogen-bond acceptors (Lipinski definition) is 6. The highest BCUT2D eigenvalue weighted by molar-refractivity contribution is 5.93. The molecule has 2 heterocycles. The molecule has 0 unspecified atom stereocenters. The van der Waals surface area contributed by atoms with Gasteiger partial charge in [0, 0.05) is 50.0 Å². The summed E-state index contributed by atoms with van der Waals surface area (Å²) in [5.41, 5.74) is 1.33. The van der Waals surface area contributed by atoms with E-state index in [0.717, 1.165) is 23.9 Å². The van der Waals surface area contributed by atoms with Gasteiger partial charge in [-0.25, -0.2) is 0 Å². The van der Waals surface area contributed by atoms with E-state index in [-0.39, 0.29) is 22.8 Å². The number of nitro benzene ring substituents is 1. The number of anilines is 3. The van der Waals surface area contributed by atoms with Crippen LogP contribution < -0.4 is 15.5 Å². The van der Waals surface area contributed by atoms with E-state index in [1.165, 1.54) is 24.3 Å². The number of para-hydroxylation sites is 1. The number of carbonyl (C=O) groups excluding carboxylic acids is 1. The number of hydrogen-bond donors (Lipinski definition) is 2. The van der Waals surface area contributed by atoms with Gasteiger partial charge in [-0.05, 0) is 24.6 Å². The van der Waals surface area contributed by atoms with Crippen LogP contribution in [0.3, 0.4) is 0 Å². The van der Waals surface area contributed by atoms with E-state index in [0.29, 0.717) is 38.3 Å². The minimum absolute atomic E-state index is 0.0578. The van der Waals surface area contributed by atoms with E-state index in [2.05, 4.69) is 10.6 Å². The molecule has 170 valence electrons. The Morgan fingerprint density at radius 2 is 1.84 bits per heavy atom. The van der Waals surface area contributed by atoms with Crippen molar-refractivity contribution in [3.05, 3.63) is 57.6 Å². The number of fused-ring (bicyclic) bond motifs is 1. The van der Waals surface area contributed by atoms with Crippen LogP contribution in [-0.4, -0.2) is 55.0 Å². The lowest BCUT2D eigenvalue weighted by atomic mass is 10.1. The SMILES string of the molecule is O=C(CN1CCN(c2c([N+](=O)[O-])ccc3c2CCN3)CC1)Nc1ccccc1C(F)(F)F. The zero-order valence-corrected chi connectivity index (χ0v) is 17.1. The molecule has 0 atom stereocenters. The molecule has 1 fully saturated rings. The smallest absolute Gasteiger partial charge is 0.384 e. The summed E-state index contributed by atoms with van der Waals surface area (Å²) in [6.07, 6.45) is -3.86. The molecule has 11 heteroatoms. The van der Waals surface area contributed by atoms with Crippen molar-refractivity contribution in [2.75, 3.05) is 54.8 Å². The molecule has 2 aromatic carbocycles. The molecule has 0 bridgehead atoms. The Labute approximate surface area is 182 Å². The number of piperazine rings is 1. The van der Waals surface area contributed by atoms with Gasteiger partial charge in [-0.3, -0.25) is 19.8 Å². The van der Waals surface area contributed by atoms with E-state index >= 15 is 0 Å². The number of amides is 1. The number of carbonyl (C=O) groups is 1. The number of benzene rings is 2. The molecule has 0 aliphatic carbocycles. The van der Waals surface area contributed by atoms with Crippen molar-refractivity contribution in [3.63, 3.8) is 0 Å². The van der Waals surface area contributed by atoms with E-state index in [9.17, 15) is 28.1 Å². The molecular weight excluding hydrogens is 427 g/mol. The zero-order chi connectivity index (χ0) is 22.9. The maximum atomic E-state index is 13.1. The third-order valence-corrected chi connectivity index (χ3v) is 5.71. The van der Waals surface area contributed by atoms with Crippen LogP contribution in [0.4, 0.5) is 35.9 Å². The first-order valence-corrected chi connectivity index (χ1v) is 10.2. The fourth-order valence-corrected chi connectivity index (χ4v) is 4.23. The average molecular weight is 449 g/mol. The van der Waals surface area contributed by atoms with E-state index in [1.54, 1.807) is 6.07 Å². The van der Waals surface area contributed by atoms with E-state index < -0.39 is 17.6 Å². The standard InChI is InChI=1S/C21H22F3N5O3/c22-21(23,24)15-3-1-2-4-17(15)26-19(30)13-27-9-11-28(12-10-27)20-14-7-8-25-16(14)5-6-18(20)29(31)32/h1-6,25H,7-13H2,(H,26,30). The van der Waals surface area contributed by atoms with Gasteiger partial charge in [0.25, 0.3) is 5.69 Å². The predicted octanol–water partition coefficient (Wildman–Crippen LogP) is 3.34. The van der Waals surface area contributed by atoms with Gasteiger partial charge in [-0.15, -0.1) is 0 Å². The van der Waals surface area contributed by atoms with Crippen molar-refractivity contribution in [1.29, 1.82) is 0 Å². The van der Waals surface area contributed by atoms with Crippen molar-refractivity contribution in [2.45, 2.75) is 12.6 Å². The predicted molar refractivity (Wildman–Crippen MR) is 114 cm³/mol. The normalized spacial score (nSPS) is 16.4. The maximum Gasteiger partial charge on any atom is 0.418 e. The van der Waals surface area contributed by atoms with Crippen LogP contribution in [-0.2, 0) is 17.4 Å². The second-order valence-corrected chi connectivity index (χ2v) is 7.75. The van der Waals surface area contributed by atoms with Gasteiger partial charge >= 0.3 is 6.18 Å². The fraction of sp³-hybridized carbons (Fsp3) is 0.381. The van der Waals surface area contributed by atoms with Gasteiger partial charge in [0.1, 0.15) is 5.69 Å². The third-order valence-electron chi connectivity index (χ3n) is 5.71. The molecule has 1 amide bonds. The minimum Gasteiger partial charge on any atom is -0.384 e. The molecule has 8 nitrogen and oxygen atoms in total. The number of alkyl halides is 3. The Bertz CT molecular complexity index is 1040. The Morgan fingerprint density at radius 3 is 2.53 bits per heavy atom. The molecule has 2 N–H and O–H groups in total. The summed E-state index contributed by atoms with van der Waals surface area (Å²) in [6, 6.07) is 8.08. The summed E-state index contributed by atoms with van der Waals surface area (Å²) in [7, 11) is 0. The molecule has 0 aromatic heterocycles. The quantitative estimate of drug-likeness (QED) is 0.538. The Kier molecular flexibility index (Phi) is 5.92. The molecule has 1 saturated heterocycles. The molecule has 0 radical (unpaired) electrons. The fourth-order valence-electron chi connectivity index (χ4n) is 4.23. The maximum absolute atomic E-state index is 13.1. The first-order chi connectivity index (χ1) is 15.2. The molecule has 2 aliphatic rings. The van der Waals surface area contributed by atoms with Gasteiger partial charge in [0.2, 0.25) is 5.91 Å². The van der Waals surface area contributed by atoms with E-state index in [1.807, 2.05) is 9.80 Å². The number of halogens is 3. The Balaban J connectivity index is 1.40. The lowest BCUT2D eigenvalue weighted by Gasteiger charge is -2.36. The molecule has 32 heavy (non-hydrogen) atoms. The van der Waals surface area contributed by atoms with Crippen LogP contribution in [0.25, 0.3) is 0 Å². The summed E-state index contributed by atoms with van der Waals surface area (Å²) >= 11 is 0. The summed E-state index contributed by atoms with van der Waals surface area (Å²) < 4.78 is 39.4. The summed E-state index contributed by atoms with van der Waals surface area (Å²) in [5.74, 6) is -0.536. The molecule has 0 spiro atoms. The second kappa shape index (κ2) is 8.65. The van der Waals surface area contributed by atoms with Crippen molar-refractivity contribution in [2.24, 2.45) is 0 Å². The van der Waals surface area contributed by atoms with Gasteiger partial charge in [-0.1, -0.05) is 12.1 Å². The van der Waals surface area contributed by atoms with Crippen LogP contribution in [0, 0.1) is 10.1 Å². The zero-order valence-electron chi connectivity index (χ0n) is 17.1. The highest BCUT2D eigenvalue weighted by Crippen LogP contribution is 2.40. The first-order valence-electron chi connectivity index (χ1n) is 10.2. The van der Waals surface area contributed by atoms with Crippen LogP contribution in [0.15, 0.2) is 36.4 Å². The topological polar surface area (TPSA) is 90.8 Å². The van der Waals surface area contributed by atoms with Gasteiger partial charge in [-0.2, -0.15) is 13.2 Å². The third kappa shape index (κ3) is 4.47. The Morgan fingerprint density at radius 1 is 1.12 bits per heavy atom. The second-order valence-electron chi connectivity index (χ2n) is 7.75. The van der Waals surface area contributed by atoms with Crippen LogP contribution >= 0.6 is 0 Å². The lowest BCUT2D eigenvalue weighted by molar-refractivity contribution is -0.384. The van der Waals surface area contributed by atoms with Gasteiger partial charge in [0.15, 0.2) is 0 Å².